The van der Waals surface area contributed by atoms with Crippen LogP contribution in [0.4, 0.5) is 0 Å². The quantitative estimate of drug-likeness (QED) is 0.438. The largest absolute Gasteiger partial charge is 0.355 e. The standard InChI is InChI=1S/C5H10N3O/c9-8-5-6-3-1-2-4-7-5/h1-4H2,(H2,6,7,8). The Morgan fingerprint density at radius 3 is 3.22 bits per heavy atom. The molecule has 2 N–H and O–H groups in total. The molecule has 1 aliphatic heterocycles. The minimum Gasteiger partial charge on any atom is -0.355 e. The molecule has 9 heavy (non-hydrogen) atoms. The molecule has 0 saturated heterocycles. The van der Waals surface area contributed by atoms with Crippen LogP contribution in [0.5, 0.6) is 0 Å². The molecule has 0 bridgehead atoms. The van der Waals surface area contributed by atoms with Crippen molar-refractivity contribution in [3.8, 4) is 0 Å². The lowest BCUT2D eigenvalue weighted by Crippen LogP contribution is -2.33. The summed E-state index contributed by atoms with van der Waals surface area (Å²) in [5, 5.41) is 12.9. The van der Waals surface area contributed by atoms with Crippen LogP contribution in [0.1, 0.15) is 12.8 Å². The maximum Gasteiger partial charge on any atom is 0.218 e. The van der Waals surface area contributed by atoms with Crippen LogP contribution in [-0.4, -0.2) is 19.0 Å². The van der Waals surface area contributed by atoms with E-state index in [1.54, 1.807) is 5.48 Å². The van der Waals surface area contributed by atoms with E-state index in [9.17, 15) is 5.21 Å². The van der Waals surface area contributed by atoms with Crippen molar-refractivity contribution in [3.63, 3.8) is 0 Å². The zero-order valence-electron chi connectivity index (χ0n) is 5.18. The van der Waals surface area contributed by atoms with Crippen LogP contribution in [0, 0.1) is 0 Å². The lowest BCUT2D eigenvalue weighted by molar-refractivity contribution is 0.129. The number of hydroxylamine groups is 1. The highest BCUT2D eigenvalue weighted by Crippen LogP contribution is 1.91. The van der Waals surface area contributed by atoms with Gasteiger partial charge >= 0.3 is 0 Å². The van der Waals surface area contributed by atoms with Gasteiger partial charge in [0.2, 0.25) is 5.96 Å². The van der Waals surface area contributed by atoms with E-state index in [4.69, 9.17) is 0 Å². The van der Waals surface area contributed by atoms with Gasteiger partial charge in [-0.3, -0.25) is 4.99 Å². The van der Waals surface area contributed by atoms with Crippen LogP contribution < -0.4 is 10.8 Å². The lowest BCUT2D eigenvalue weighted by Gasteiger charge is -2.00. The van der Waals surface area contributed by atoms with Crippen LogP contribution in [0.25, 0.3) is 0 Å². The fraction of sp³-hybridized carbons (Fsp3) is 0.800. The Balaban J connectivity index is 2.37. The fourth-order valence-electron chi connectivity index (χ4n) is 0.759. The van der Waals surface area contributed by atoms with E-state index in [-0.39, 0.29) is 0 Å². The van der Waals surface area contributed by atoms with Crippen molar-refractivity contribution in [2.45, 2.75) is 12.8 Å². The number of hydrogen-bond acceptors (Lipinski definition) is 3. The minimum absolute atomic E-state index is 0.382. The molecule has 1 rings (SSSR count). The Labute approximate surface area is 53.9 Å². The van der Waals surface area contributed by atoms with Gasteiger partial charge in [-0.25, -0.2) is 5.48 Å². The SMILES string of the molecule is [O]NC1=NCCCCN1. The average molecular weight is 128 g/mol. The molecule has 0 aliphatic carbocycles. The van der Waals surface area contributed by atoms with E-state index in [0.29, 0.717) is 5.96 Å². The summed E-state index contributed by atoms with van der Waals surface area (Å²) in [5.41, 5.74) is 1.73. The molecule has 0 aromatic rings. The molecule has 0 aromatic heterocycles. The van der Waals surface area contributed by atoms with Gasteiger partial charge in [-0.1, -0.05) is 5.21 Å². The van der Waals surface area contributed by atoms with Crippen molar-refractivity contribution in [1.82, 2.24) is 10.8 Å². The van der Waals surface area contributed by atoms with E-state index >= 15 is 0 Å². The normalized spacial score (nSPS) is 19.4. The number of hydrogen-bond donors (Lipinski definition) is 2. The second-order valence-corrected chi connectivity index (χ2v) is 1.97. The summed E-state index contributed by atoms with van der Waals surface area (Å²) in [7, 11) is 0. The summed E-state index contributed by atoms with van der Waals surface area (Å²) in [6.07, 6.45) is 2.16. The monoisotopic (exact) mass is 128 g/mol. The molecule has 0 aromatic carbocycles. The van der Waals surface area contributed by atoms with Gasteiger partial charge < -0.3 is 5.32 Å². The molecular weight excluding hydrogens is 118 g/mol. The molecule has 0 amide bonds. The number of nitrogens with zero attached hydrogens (tertiary/aromatic N) is 1. The van der Waals surface area contributed by atoms with Gasteiger partial charge in [0.05, 0.1) is 0 Å². The van der Waals surface area contributed by atoms with Gasteiger partial charge in [0.25, 0.3) is 0 Å². The summed E-state index contributed by atoms with van der Waals surface area (Å²) < 4.78 is 0. The first-order chi connectivity index (χ1) is 4.43. The van der Waals surface area contributed by atoms with Crippen LogP contribution in [0.2, 0.25) is 0 Å². The maximum absolute atomic E-state index is 9.99. The molecule has 0 unspecified atom stereocenters. The molecule has 4 nitrogen and oxygen atoms in total. The lowest BCUT2D eigenvalue weighted by atomic mass is 10.3. The highest BCUT2D eigenvalue weighted by Gasteiger charge is 1.99. The van der Waals surface area contributed by atoms with Gasteiger partial charge in [-0.2, -0.15) is 0 Å². The van der Waals surface area contributed by atoms with Crippen molar-refractivity contribution >= 4 is 5.96 Å². The van der Waals surface area contributed by atoms with Gasteiger partial charge in [0, 0.05) is 13.1 Å². The van der Waals surface area contributed by atoms with Crippen LogP contribution >= 0.6 is 0 Å². The van der Waals surface area contributed by atoms with Gasteiger partial charge in [0.15, 0.2) is 0 Å². The Bertz CT molecular complexity index is 113. The molecule has 4 heteroatoms. The summed E-state index contributed by atoms with van der Waals surface area (Å²) in [6.45, 7) is 1.62. The first kappa shape index (κ1) is 6.35. The smallest absolute Gasteiger partial charge is 0.218 e. The molecule has 1 radical (unpaired) electrons. The molecule has 0 saturated carbocycles. The summed E-state index contributed by atoms with van der Waals surface area (Å²) in [5.74, 6) is 0.382. The minimum atomic E-state index is 0.382. The Morgan fingerprint density at radius 1 is 1.56 bits per heavy atom. The fourth-order valence-corrected chi connectivity index (χ4v) is 0.759. The van der Waals surface area contributed by atoms with Crippen molar-refractivity contribution in [2.75, 3.05) is 13.1 Å². The van der Waals surface area contributed by atoms with E-state index in [0.717, 1.165) is 25.9 Å². The summed E-state index contributed by atoms with van der Waals surface area (Å²) in [6, 6.07) is 0. The van der Waals surface area contributed by atoms with Crippen LogP contribution in [-0.2, 0) is 5.21 Å². The maximum atomic E-state index is 9.99. The zero-order chi connectivity index (χ0) is 6.53. The molecule has 1 aliphatic rings. The zero-order valence-corrected chi connectivity index (χ0v) is 5.18. The molecule has 0 fully saturated rings. The van der Waals surface area contributed by atoms with Crippen molar-refractivity contribution in [2.24, 2.45) is 4.99 Å². The molecule has 0 atom stereocenters. The third-order valence-corrected chi connectivity index (χ3v) is 1.24. The second-order valence-electron chi connectivity index (χ2n) is 1.97. The third kappa shape index (κ3) is 1.89. The average Bonchev–Trinajstić information content (AvgIpc) is 2.13. The Kier molecular flexibility index (Phi) is 2.32. The first-order valence-electron chi connectivity index (χ1n) is 3.10. The Morgan fingerprint density at radius 2 is 2.44 bits per heavy atom. The van der Waals surface area contributed by atoms with E-state index in [2.05, 4.69) is 10.3 Å². The third-order valence-electron chi connectivity index (χ3n) is 1.24. The highest BCUT2D eigenvalue weighted by molar-refractivity contribution is 5.78. The number of guanidine groups is 1. The first-order valence-corrected chi connectivity index (χ1v) is 3.10. The van der Waals surface area contributed by atoms with Gasteiger partial charge in [-0.05, 0) is 12.8 Å². The van der Waals surface area contributed by atoms with Crippen molar-refractivity contribution in [1.29, 1.82) is 0 Å². The topological polar surface area (TPSA) is 56.3 Å². The van der Waals surface area contributed by atoms with Crippen molar-refractivity contribution in [3.05, 3.63) is 0 Å². The number of nitrogens with one attached hydrogen (secondary N) is 2. The van der Waals surface area contributed by atoms with Gasteiger partial charge in [-0.15, -0.1) is 0 Å². The summed E-state index contributed by atoms with van der Waals surface area (Å²) in [4.78, 5) is 3.92. The van der Waals surface area contributed by atoms with Gasteiger partial charge in [0.1, 0.15) is 0 Å². The second kappa shape index (κ2) is 3.29. The molecule has 0 spiro atoms. The van der Waals surface area contributed by atoms with Crippen LogP contribution in [0.3, 0.4) is 0 Å². The number of aliphatic imine (C=N–C) groups is 1. The molecule has 1 heterocycles. The van der Waals surface area contributed by atoms with Crippen LogP contribution in [0.15, 0.2) is 4.99 Å². The van der Waals surface area contributed by atoms with E-state index in [1.165, 1.54) is 0 Å². The molecule has 51 valence electrons. The molecular formula is C5H10N3O. The highest BCUT2D eigenvalue weighted by atomic mass is 16.5. The van der Waals surface area contributed by atoms with E-state index < -0.39 is 0 Å². The van der Waals surface area contributed by atoms with Crippen molar-refractivity contribution < 1.29 is 5.21 Å². The van der Waals surface area contributed by atoms with E-state index in [1.807, 2.05) is 0 Å². The number of rotatable bonds is 0. The summed E-state index contributed by atoms with van der Waals surface area (Å²) >= 11 is 0. The Hall–Kier alpha value is -0.770. The predicted octanol–water partition coefficient (Wildman–Crippen LogP) is -0.339. The predicted molar refractivity (Wildman–Crippen MR) is 33.4 cm³/mol.